The molecule has 1 unspecified atom stereocenters. The number of ether oxygens (including phenoxy) is 2. The summed E-state index contributed by atoms with van der Waals surface area (Å²) < 4.78 is 10.3. The number of benzene rings is 1. The minimum absolute atomic E-state index is 0.109. The van der Waals surface area contributed by atoms with E-state index >= 15 is 0 Å². The SMILES string of the molecule is COC(=O)C1=C(C)NC(=O)NC1c1cc(OC)c(O)c(I)c1Cl. The third kappa shape index (κ3) is 3.18. The molecule has 9 heteroatoms. The number of carbonyl (C=O) groups excluding carboxylic acids is 2. The molecular weight excluding hydrogens is 439 g/mol. The number of methoxy groups -OCH3 is 2. The van der Waals surface area contributed by atoms with Crippen LogP contribution in [0.5, 0.6) is 11.5 Å². The molecule has 0 fully saturated rings. The van der Waals surface area contributed by atoms with Crippen molar-refractivity contribution in [3.63, 3.8) is 0 Å². The molecule has 0 aliphatic carbocycles. The summed E-state index contributed by atoms with van der Waals surface area (Å²) in [5.74, 6) is -0.524. The summed E-state index contributed by atoms with van der Waals surface area (Å²) in [6.07, 6.45) is 0. The van der Waals surface area contributed by atoms with E-state index in [1.165, 1.54) is 20.3 Å². The normalized spacial score (nSPS) is 17.4. The number of amides is 2. The number of esters is 1. The van der Waals surface area contributed by atoms with Crippen LogP contribution in [-0.2, 0) is 9.53 Å². The van der Waals surface area contributed by atoms with Gasteiger partial charge in [0.1, 0.15) is 0 Å². The topological polar surface area (TPSA) is 96.9 Å². The van der Waals surface area contributed by atoms with Crippen molar-refractivity contribution in [2.24, 2.45) is 0 Å². The van der Waals surface area contributed by atoms with Crippen molar-refractivity contribution in [3.05, 3.63) is 31.5 Å². The van der Waals surface area contributed by atoms with E-state index in [4.69, 9.17) is 21.1 Å². The minimum Gasteiger partial charge on any atom is -0.503 e. The Morgan fingerprint density at radius 2 is 2.09 bits per heavy atom. The Morgan fingerprint density at radius 3 is 2.65 bits per heavy atom. The lowest BCUT2D eigenvalue weighted by Crippen LogP contribution is -2.45. The molecule has 0 spiro atoms. The number of nitrogens with one attached hydrogen (secondary N) is 2. The highest BCUT2D eigenvalue weighted by Crippen LogP contribution is 2.43. The minimum atomic E-state index is -0.827. The van der Waals surface area contributed by atoms with E-state index in [1.807, 2.05) is 22.6 Å². The van der Waals surface area contributed by atoms with Crippen LogP contribution in [0, 0.1) is 3.57 Å². The van der Waals surface area contributed by atoms with Crippen LogP contribution in [0.3, 0.4) is 0 Å². The Bertz CT molecular complexity index is 720. The lowest BCUT2D eigenvalue weighted by molar-refractivity contribution is -0.136. The first-order valence-corrected chi connectivity index (χ1v) is 7.88. The second kappa shape index (κ2) is 6.83. The largest absolute Gasteiger partial charge is 0.503 e. The number of carbonyl (C=O) groups is 2. The molecule has 23 heavy (non-hydrogen) atoms. The molecule has 1 aromatic rings. The quantitative estimate of drug-likeness (QED) is 0.484. The average Bonchev–Trinajstić information content (AvgIpc) is 2.51. The molecule has 124 valence electrons. The van der Waals surface area contributed by atoms with Crippen molar-refractivity contribution < 1.29 is 24.2 Å². The first kappa shape index (κ1) is 17.7. The van der Waals surface area contributed by atoms with Crippen LogP contribution in [0.2, 0.25) is 5.02 Å². The Labute approximate surface area is 151 Å². The molecule has 0 saturated carbocycles. The summed E-state index contributed by atoms with van der Waals surface area (Å²) >= 11 is 8.16. The predicted octanol–water partition coefficient (Wildman–Crippen LogP) is 2.46. The van der Waals surface area contributed by atoms with Gasteiger partial charge in [0.2, 0.25) is 0 Å². The lowest BCUT2D eigenvalue weighted by atomic mass is 9.95. The fourth-order valence-electron chi connectivity index (χ4n) is 2.29. The molecule has 0 bridgehead atoms. The summed E-state index contributed by atoms with van der Waals surface area (Å²) in [5.41, 5.74) is 1.00. The molecular formula is C14H14ClIN2O5. The highest BCUT2D eigenvalue weighted by molar-refractivity contribution is 14.1. The first-order chi connectivity index (χ1) is 10.8. The van der Waals surface area contributed by atoms with Gasteiger partial charge in [-0.15, -0.1) is 0 Å². The van der Waals surface area contributed by atoms with Gasteiger partial charge >= 0.3 is 12.0 Å². The van der Waals surface area contributed by atoms with Gasteiger partial charge in [0, 0.05) is 11.3 Å². The van der Waals surface area contributed by atoms with E-state index in [1.54, 1.807) is 6.92 Å². The number of urea groups is 1. The van der Waals surface area contributed by atoms with E-state index in [0.717, 1.165) is 0 Å². The zero-order valence-corrected chi connectivity index (χ0v) is 15.4. The highest BCUT2D eigenvalue weighted by Gasteiger charge is 2.34. The summed E-state index contributed by atoms with van der Waals surface area (Å²) in [5, 5.41) is 15.4. The number of hydrogen-bond acceptors (Lipinski definition) is 5. The molecule has 1 atom stereocenters. The summed E-state index contributed by atoms with van der Waals surface area (Å²) in [6.45, 7) is 1.59. The maximum atomic E-state index is 12.1. The smallest absolute Gasteiger partial charge is 0.337 e. The van der Waals surface area contributed by atoms with Crippen molar-refractivity contribution in [2.45, 2.75) is 13.0 Å². The second-order valence-electron chi connectivity index (χ2n) is 4.71. The fourth-order valence-corrected chi connectivity index (χ4v) is 3.12. The zero-order chi connectivity index (χ0) is 17.3. The van der Waals surface area contributed by atoms with Crippen molar-refractivity contribution in [3.8, 4) is 11.5 Å². The lowest BCUT2D eigenvalue weighted by Gasteiger charge is -2.29. The Morgan fingerprint density at radius 1 is 1.43 bits per heavy atom. The molecule has 2 rings (SSSR count). The van der Waals surface area contributed by atoms with Gasteiger partial charge in [-0.05, 0) is 35.6 Å². The third-order valence-electron chi connectivity index (χ3n) is 3.38. The van der Waals surface area contributed by atoms with Gasteiger partial charge < -0.3 is 25.2 Å². The summed E-state index contributed by atoms with van der Waals surface area (Å²) in [4.78, 5) is 23.9. The van der Waals surface area contributed by atoms with Crippen LogP contribution >= 0.6 is 34.2 Å². The van der Waals surface area contributed by atoms with Gasteiger partial charge in [0.05, 0.1) is 34.4 Å². The van der Waals surface area contributed by atoms with Crippen molar-refractivity contribution in [1.29, 1.82) is 0 Å². The number of phenolic OH excluding ortho intramolecular Hbond substituents is 1. The third-order valence-corrected chi connectivity index (χ3v) is 5.16. The van der Waals surface area contributed by atoms with Gasteiger partial charge in [-0.3, -0.25) is 0 Å². The van der Waals surface area contributed by atoms with Gasteiger partial charge in [-0.2, -0.15) is 0 Å². The second-order valence-corrected chi connectivity index (χ2v) is 6.16. The Kier molecular flexibility index (Phi) is 5.25. The number of hydrogen-bond donors (Lipinski definition) is 3. The van der Waals surface area contributed by atoms with E-state index in [2.05, 4.69) is 10.6 Å². The highest BCUT2D eigenvalue weighted by atomic mass is 127. The number of rotatable bonds is 3. The van der Waals surface area contributed by atoms with Crippen LogP contribution in [0.1, 0.15) is 18.5 Å². The maximum Gasteiger partial charge on any atom is 0.337 e. The van der Waals surface area contributed by atoms with Gasteiger partial charge in [0.25, 0.3) is 0 Å². The summed E-state index contributed by atoms with van der Waals surface area (Å²) in [6, 6.07) is 0.178. The molecule has 0 saturated heterocycles. The average molecular weight is 453 g/mol. The number of allylic oxidation sites excluding steroid dienone is 1. The molecule has 2 amide bonds. The molecule has 0 radical (unpaired) electrons. The van der Waals surface area contributed by atoms with Gasteiger partial charge in [0.15, 0.2) is 11.5 Å². The van der Waals surface area contributed by atoms with Crippen molar-refractivity contribution >= 4 is 46.2 Å². The standard InChI is InChI=1S/C14H14ClIN2O5/c1-5-8(13(20)23-3)11(18-14(21)17-5)6-4-7(22-2)12(19)10(16)9(6)15/h4,11,19H,1-3H3,(H2,17,18,21). The Balaban J connectivity index is 2.67. The van der Waals surface area contributed by atoms with E-state index in [9.17, 15) is 14.7 Å². The van der Waals surface area contributed by atoms with E-state index in [-0.39, 0.29) is 22.1 Å². The number of phenols is 1. The van der Waals surface area contributed by atoms with Crippen LogP contribution in [0.25, 0.3) is 0 Å². The van der Waals surface area contributed by atoms with Gasteiger partial charge in [-0.25, -0.2) is 9.59 Å². The van der Waals surface area contributed by atoms with E-state index < -0.39 is 18.0 Å². The molecule has 0 aromatic heterocycles. The predicted molar refractivity (Wildman–Crippen MR) is 91.5 cm³/mol. The zero-order valence-electron chi connectivity index (χ0n) is 12.5. The molecule has 1 heterocycles. The van der Waals surface area contributed by atoms with Crippen molar-refractivity contribution in [1.82, 2.24) is 10.6 Å². The monoisotopic (exact) mass is 452 g/mol. The summed E-state index contributed by atoms with van der Waals surface area (Å²) in [7, 11) is 2.64. The van der Waals surface area contributed by atoms with Crippen LogP contribution in [0.15, 0.2) is 17.3 Å². The number of halogens is 2. The van der Waals surface area contributed by atoms with Crippen LogP contribution in [-0.4, -0.2) is 31.3 Å². The maximum absolute atomic E-state index is 12.1. The van der Waals surface area contributed by atoms with Crippen LogP contribution in [0.4, 0.5) is 4.79 Å². The fraction of sp³-hybridized carbons (Fsp3) is 0.286. The molecule has 1 aliphatic rings. The molecule has 7 nitrogen and oxygen atoms in total. The Hall–Kier alpha value is -1.68. The molecule has 1 aromatic carbocycles. The number of aromatic hydroxyl groups is 1. The molecule has 3 N–H and O–H groups in total. The first-order valence-electron chi connectivity index (χ1n) is 6.43. The van der Waals surface area contributed by atoms with Gasteiger partial charge in [-0.1, -0.05) is 11.6 Å². The van der Waals surface area contributed by atoms with E-state index in [0.29, 0.717) is 14.8 Å². The molecule has 1 aliphatic heterocycles. The van der Waals surface area contributed by atoms with Crippen LogP contribution < -0.4 is 15.4 Å². The van der Waals surface area contributed by atoms with Crippen molar-refractivity contribution in [2.75, 3.05) is 14.2 Å².